The molecule has 1 atom stereocenters. The van der Waals surface area contributed by atoms with Crippen LogP contribution in [0.15, 0.2) is 30.3 Å². The van der Waals surface area contributed by atoms with Crippen molar-refractivity contribution in [2.24, 2.45) is 0 Å². The Labute approximate surface area is 121 Å². The fourth-order valence-corrected chi connectivity index (χ4v) is 2.31. The summed E-state index contributed by atoms with van der Waals surface area (Å²) < 4.78 is 18.3. The lowest BCUT2D eigenvalue weighted by Gasteiger charge is -2.09. The van der Waals surface area contributed by atoms with Crippen molar-refractivity contribution in [3.63, 3.8) is 0 Å². The number of ether oxygens (including phenoxy) is 1. The Bertz CT molecular complexity index is 618. The van der Waals surface area contributed by atoms with Crippen LogP contribution in [-0.4, -0.2) is 35.4 Å². The van der Waals surface area contributed by atoms with E-state index in [1.54, 1.807) is 18.2 Å². The molecule has 2 heterocycles. The standard InChI is InChI=1S/C15H16FN3O2/c16-11-5-3-10(4-6-11)13-8-14(19-18-13)15(20)17-9-12-2-1-7-21-12/h3-6,8,12H,1-2,7,9H2,(H,17,20)(H,18,19). The van der Waals surface area contributed by atoms with E-state index < -0.39 is 0 Å². The van der Waals surface area contributed by atoms with Gasteiger partial charge in [0.15, 0.2) is 0 Å². The van der Waals surface area contributed by atoms with Crippen LogP contribution in [0.4, 0.5) is 4.39 Å². The van der Waals surface area contributed by atoms with E-state index >= 15 is 0 Å². The topological polar surface area (TPSA) is 67.0 Å². The second-order valence-corrected chi connectivity index (χ2v) is 5.02. The number of rotatable bonds is 4. The highest BCUT2D eigenvalue weighted by Gasteiger charge is 2.17. The van der Waals surface area contributed by atoms with Crippen molar-refractivity contribution < 1.29 is 13.9 Å². The second-order valence-electron chi connectivity index (χ2n) is 5.02. The summed E-state index contributed by atoms with van der Waals surface area (Å²) in [5, 5.41) is 9.59. The fourth-order valence-electron chi connectivity index (χ4n) is 2.31. The van der Waals surface area contributed by atoms with Crippen molar-refractivity contribution in [1.82, 2.24) is 15.5 Å². The molecule has 0 spiro atoms. The maximum Gasteiger partial charge on any atom is 0.269 e. The van der Waals surface area contributed by atoms with E-state index in [9.17, 15) is 9.18 Å². The van der Waals surface area contributed by atoms with Gasteiger partial charge in [-0.2, -0.15) is 5.10 Å². The van der Waals surface area contributed by atoms with E-state index in [2.05, 4.69) is 15.5 Å². The van der Waals surface area contributed by atoms with Gasteiger partial charge in [0.2, 0.25) is 0 Å². The molecule has 1 aromatic carbocycles. The highest BCUT2D eigenvalue weighted by Crippen LogP contribution is 2.18. The number of halogens is 1. The van der Waals surface area contributed by atoms with E-state index in [1.807, 2.05) is 0 Å². The minimum atomic E-state index is -0.302. The van der Waals surface area contributed by atoms with Gasteiger partial charge in [-0.3, -0.25) is 9.89 Å². The summed E-state index contributed by atoms with van der Waals surface area (Å²) in [4.78, 5) is 12.0. The van der Waals surface area contributed by atoms with Gasteiger partial charge in [0.1, 0.15) is 11.5 Å². The monoisotopic (exact) mass is 289 g/mol. The third kappa shape index (κ3) is 3.28. The smallest absolute Gasteiger partial charge is 0.269 e. The number of H-pyrrole nitrogens is 1. The lowest BCUT2D eigenvalue weighted by Crippen LogP contribution is -2.31. The summed E-state index contributed by atoms with van der Waals surface area (Å²) in [5.74, 6) is -0.518. The molecule has 1 saturated heterocycles. The Kier molecular flexibility index (Phi) is 3.96. The molecule has 1 aliphatic heterocycles. The van der Waals surface area contributed by atoms with Gasteiger partial charge in [0.05, 0.1) is 11.8 Å². The third-order valence-corrected chi connectivity index (χ3v) is 3.48. The predicted octanol–water partition coefficient (Wildman–Crippen LogP) is 2.12. The highest BCUT2D eigenvalue weighted by molar-refractivity contribution is 5.93. The molecule has 0 bridgehead atoms. The van der Waals surface area contributed by atoms with Gasteiger partial charge in [-0.1, -0.05) is 0 Å². The molecule has 110 valence electrons. The molecule has 5 nitrogen and oxygen atoms in total. The van der Waals surface area contributed by atoms with E-state index in [4.69, 9.17) is 4.74 Å². The molecule has 1 unspecified atom stereocenters. The molecule has 2 N–H and O–H groups in total. The summed E-state index contributed by atoms with van der Waals surface area (Å²) >= 11 is 0. The summed E-state index contributed by atoms with van der Waals surface area (Å²) in [6, 6.07) is 7.62. The number of hydrogen-bond donors (Lipinski definition) is 2. The van der Waals surface area contributed by atoms with Crippen LogP contribution in [-0.2, 0) is 4.74 Å². The van der Waals surface area contributed by atoms with Gasteiger partial charge in [0.25, 0.3) is 5.91 Å². The summed E-state index contributed by atoms with van der Waals surface area (Å²) in [7, 11) is 0. The minimum Gasteiger partial charge on any atom is -0.376 e. The number of carbonyl (C=O) groups is 1. The Morgan fingerprint density at radius 2 is 2.24 bits per heavy atom. The van der Waals surface area contributed by atoms with Crippen LogP contribution in [0.3, 0.4) is 0 Å². The van der Waals surface area contributed by atoms with Crippen LogP contribution >= 0.6 is 0 Å². The van der Waals surface area contributed by atoms with Gasteiger partial charge in [-0.15, -0.1) is 0 Å². The average molecular weight is 289 g/mol. The normalized spacial score (nSPS) is 17.9. The van der Waals surface area contributed by atoms with Crippen LogP contribution < -0.4 is 5.32 Å². The molecule has 6 heteroatoms. The molecule has 1 aliphatic rings. The van der Waals surface area contributed by atoms with Gasteiger partial charge < -0.3 is 10.1 Å². The SMILES string of the molecule is O=C(NCC1CCCO1)c1cc(-c2ccc(F)cc2)n[nH]1. The summed E-state index contributed by atoms with van der Waals surface area (Å²) in [5.41, 5.74) is 1.75. The fraction of sp³-hybridized carbons (Fsp3) is 0.333. The first-order valence-electron chi connectivity index (χ1n) is 6.93. The van der Waals surface area contributed by atoms with Crippen LogP contribution in [0, 0.1) is 5.82 Å². The molecule has 0 aliphatic carbocycles. The molecule has 1 aromatic heterocycles. The zero-order valence-electron chi connectivity index (χ0n) is 11.4. The number of nitrogens with one attached hydrogen (secondary N) is 2. The molecule has 21 heavy (non-hydrogen) atoms. The van der Waals surface area contributed by atoms with E-state index in [1.165, 1.54) is 12.1 Å². The number of aromatic nitrogens is 2. The van der Waals surface area contributed by atoms with Crippen molar-refractivity contribution in [2.45, 2.75) is 18.9 Å². The van der Waals surface area contributed by atoms with Crippen molar-refractivity contribution in [2.75, 3.05) is 13.2 Å². The van der Waals surface area contributed by atoms with E-state index in [0.29, 0.717) is 17.9 Å². The van der Waals surface area contributed by atoms with Crippen molar-refractivity contribution in [3.8, 4) is 11.3 Å². The van der Waals surface area contributed by atoms with E-state index in [-0.39, 0.29) is 17.8 Å². The molecule has 1 fully saturated rings. The zero-order chi connectivity index (χ0) is 14.7. The largest absolute Gasteiger partial charge is 0.376 e. The average Bonchev–Trinajstić information content (AvgIpc) is 3.17. The number of nitrogens with zero attached hydrogens (tertiary/aromatic N) is 1. The van der Waals surface area contributed by atoms with Gasteiger partial charge in [-0.05, 0) is 43.2 Å². The number of benzene rings is 1. The third-order valence-electron chi connectivity index (χ3n) is 3.48. The lowest BCUT2D eigenvalue weighted by molar-refractivity contribution is 0.0853. The van der Waals surface area contributed by atoms with Crippen LogP contribution in [0.5, 0.6) is 0 Å². The summed E-state index contributed by atoms with van der Waals surface area (Å²) in [6.45, 7) is 1.27. The molecule has 1 amide bonds. The van der Waals surface area contributed by atoms with Gasteiger partial charge in [-0.25, -0.2) is 4.39 Å². The molecule has 3 rings (SSSR count). The molecule has 0 saturated carbocycles. The van der Waals surface area contributed by atoms with Crippen LogP contribution in [0.1, 0.15) is 23.3 Å². The van der Waals surface area contributed by atoms with Gasteiger partial charge >= 0.3 is 0 Å². The van der Waals surface area contributed by atoms with Crippen molar-refractivity contribution in [1.29, 1.82) is 0 Å². The Hall–Kier alpha value is -2.21. The van der Waals surface area contributed by atoms with Gasteiger partial charge in [0, 0.05) is 18.7 Å². The minimum absolute atomic E-state index is 0.105. The first-order chi connectivity index (χ1) is 10.2. The van der Waals surface area contributed by atoms with E-state index in [0.717, 1.165) is 25.0 Å². The summed E-state index contributed by atoms with van der Waals surface area (Å²) in [6.07, 6.45) is 2.12. The van der Waals surface area contributed by atoms with Crippen molar-refractivity contribution in [3.05, 3.63) is 41.8 Å². The Balaban J connectivity index is 1.63. The lowest BCUT2D eigenvalue weighted by atomic mass is 10.1. The second kappa shape index (κ2) is 6.05. The van der Waals surface area contributed by atoms with Crippen LogP contribution in [0.2, 0.25) is 0 Å². The van der Waals surface area contributed by atoms with Crippen molar-refractivity contribution >= 4 is 5.91 Å². The number of hydrogen-bond acceptors (Lipinski definition) is 3. The maximum absolute atomic E-state index is 12.9. The maximum atomic E-state index is 12.9. The predicted molar refractivity (Wildman–Crippen MR) is 75.3 cm³/mol. The quantitative estimate of drug-likeness (QED) is 0.906. The first-order valence-corrected chi connectivity index (χ1v) is 6.93. The Morgan fingerprint density at radius 3 is 2.95 bits per heavy atom. The molecular weight excluding hydrogens is 273 g/mol. The zero-order valence-corrected chi connectivity index (χ0v) is 11.4. The molecule has 2 aromatic rings. The molecule has 0 radical (unpaired) electrons. The van der Waals surface area contributed by atoms with Crippen LogP contribution in [0.25, 0.3) is 11.3 Å². The Morgan fingerprint density at radius 1 is 1.43 bits per heavy atom. The number of aromatic amines is 1. The first kappa shape index (κ1) is 13.8. The highest BCUT2D eigenvalue weighted by atomic mass is 19.1. The molecular formula is C15H16FN3O2. The number of carbonyl (C=O) groups excluding carboxylic acids is 1. The number of amides is 1.